The zero-order valence-corrected chi connectivity index (χ0v) is 17.4. The number of allylic oxidation sites excluding steroid dienone is 2. The van der Waals surface area contributed by atoms with Crippen LogP contribution in [0.2, 0.25) is 5.02 Å². The van der Waals surface area contributed by atoms with E-state index in [0.29, 0.717) is 12.3 Å². The number of rotatable bonds is 3. The molecule has 154 valence electrons. The molecule has 5 rings (SSSR count). The molecule has 1 N–H and O–H groups in total. The highest BCUT2D eigenvalue weighted by Gasteiger charge is 2.27. The van der Waals surface area contributed by atoms with E-state index in [-0.39, 0.29) is 11.7 Å². The molecule has 1 unspecified atom stereocenters. The van der Waals surface area contributed by atoms with Gasteiger partial charge in [0.25, 0.3) is 0 Å². The third kappa shape index (κ3) is 3.40. The van der Waals surface area contributed by atoms with Crippen LogP contribution in [0.3, 0.4) is 0 Å². The molecule has 0 amide bonds. The summed E-state index contributed by atoms with van der Waals surface area (Å²) in [5.74, 6) is 2.58. The molecule has 2 aromatic carbocycles. The van der Waals surface area contributed by atoms with Gasteiger partial charge in [0.15, 0.2) is 5.82 Å². The van der Waals surface area contributed by atoms with Crippen LogP contribution in [-0.4, -0.2) is 21.9 Å². The summed E-state index contributed by atoms with van der Waals surface area (Å²) < 4.78 is 21.4. The highest BCUT2D eigenvalue weighted by molar-refractivity contribution is 6.30. The van der Waals surface area contributed by atoms with E-state index in [1.54, 1.807) is 19.2 Å². The molecule has 3 aromatic rings. The lowest BCUT2D eigenvalue weighted by Crippen LogP contribution is -2.13. The highest BCUT2D eigenvalue weighted by Crippen LogP contribution is 2.39. The van der Waals surface area contributed by atoms with Gasteiger partial charge in [-0.15, -0.1) is 10.2 Å². The Morgan fingerprint density at radius 2 is 2.07 bits per heavy atom. The van der Waals surface area contributed by atoms with Crippen molar-refractivity contribution < 1.29 is 9.13 Å². The van der Waals surface area contributed by atoms with Crippen LogP contribution in [0.1, 0.15) is 48.0 Å². The van der Waals surface area contributed by atoms with Gasteiger partial charge >= 0.3 is 0 Å². The summed E-state index contributed by atoms with van der Waals surface area (Å²) in [6.07, 6.45) is 4.76. The van der Waals surface area contributed by atoms with Crippen molar-refractivity contribution in [2.75, 3.05) is 7.11 Å². The number of nitrogens with one attached hydrogen (secondary N) is 1. The SMILES string of the molecule is COc1ccc(F)cc1C1=CCC(c2nnc3n2-c2ccc(Cl)cc2CNC3)CC1. The Morgan fingerprint density at radius 3 is 2.87 bits per heavy atom. The maximum atomic E-state index is 13.8. The average molecular weight is 425 g/mol. The summed E-state index contributed by atoms with van der Waals surface area (Å²) in [4.78, 5) is 0. The molecule has 0 saturated heterocycles. The second kappa shape index (κ2) is 7.85. The van der Waals surface area contributed by atoms with E-state index in [2.05, 4.69) is 26.2 Å². The molecule has 1 aliphatic carbocycles. The molecular formula is C23H22ClFN4O. The topological polar surface area (TPSA) is 52.0 Å². The first kappa shape index (κ1) is 19.3. The third-order valence-electron chi connectivity index (χ3n) is 5.92. The Labute approximate surface area is 179 Å². The lowest BCUT2D eigenvalue weighted by Gasteiger charge is -2.23. The number of nitrogens with zero attached hydrogens (tertiary/aromatic N) is 3. The van der Waals surface area contributed by atoms with Gasteiger partial charge in [0.05, 0.1) is 19.3 Å². The van der Waals surface area contributed by atoms with Crippen molar-refractivity contribution in [3.8, 4) is 11.4 Å². The fraction of sp³-hybridized carbons (Fsp3) is 0.304. The molecule has 30 heavy (non-hydrogen) atoms. The monoisotopic (exact) mass is 424 g/mol. The molecule has 0 bridgehead atoms. The number of fused-ring (bicyclic) bond motifs is 3. The van der Waals surface area contributed by atoms with E-state index in [1.807, 2.05) is 18.2 Å². The normalized spacial score (nSPS) is 18.2. The van der Waals surface area contributed by atoms with Crippen molar-refractivity contribution >= 4 is 17.2 Å². The van der Waals surface area contributed by atoms with E-state index in [9.17, 15) is 4.39 Å². The van der Waals surface area contributed by atoms with Crippen LogP contribution < -0.4 is 10.1 Å². The van der Waals surface area contributed by atoms with Gasteiger partial charge in [0.1, 0.15) is 17.4 Å². The van der Waals surface area contributed by atoms with E-state index in [0.717, 1.165) is 64.9 Å². The smallest absolute Gasteiger partial charge is 0.151 e. The van der Waals surface area contributed by atoms with Gasteiger partial charge in [0.2, 0.25) is 0 Å². The van der Waals surface area contributed by atoms with Gasteiger partial charge in [-0.25, -0.2) is 4.39 Å². The van der Waals surface area contributed by atoms with Crippen LogP contribution in [0.15, 0.2) is 42.5 Å². The maximum Gasteiger partial charge on any atom is 0.151 e. The minimum atomic E-state index is -0.251. The van der Waals surface area contributed by atoms with Crippen molar-refractivity contribution in [3.05, 3.63) is 76.1 Å². The van der Waals surface area contributed by atoms with Crippen LogP contribution in [0, 0.1) is 5.82 Å². The number of hydrogen-bond donors (Lipinski definition) is 1. The van der Waals surface area contributed by atoms with Gasteiger partial charge in [-0.1, -0.05) is 17.7 Å². The molecule has 0 spiro atoms. The van der Waals surface area contributed by atoms with Crippen molar-refractivity contribution in [3.63, 3.8) is 0 Å². The molecule has 0 saturated carbocycles. The van der Waals surface area contributed by atoms with E-state index < -0.39 is 0 Å². The molecule has 5 nitrogen and oxygen atoms in total. The first-order chi connectivity index (χ1) is 14.6. The Morgan fingerprint density at radius 1 is 1.17 bits per heavy atom. The van der Waals surface area contributed by atoms with Crippen molar-refractivity contribution in [2.24, 2.45) is 0 Å². The fourth-order valence-electron chi connectivity index (χ4n) is 4.44. The van der Waals surface area contributed by atoms with Crippen molar-refractivity contribution in [2.45, 2.75) is 38.3 Å². The second-order valence-corrected chi connectivity index (χ2v) is 8.17. The molecule has 0 radical (unpaired) electrons. The van der Waals surface area contributed by atoms with E-state index in [1.165, 1.54) is 6.07 Å². The van der Waals surface area contributed by atoms with Crippen LogP contribution >= 0.6 is 11.6 Å². The standard InChI is InChI=1S/C23H22ClFN4O/c1-30-21-9-7-18(25)11-19(21)14-2-4-15(5-3-14)23-28-27-22-13-26-12-16-10-17(24)6-8-20(16)29(22)23/h2,6-11,15,26H,3-5,12-13H2,1H3. The van der Waals surface area contributed by atoms with E-state index >= 15 is 0 Å². The van der Waals surface area contributed by atoms with Crippen molar-refractivity contribution in [1.82, 2.24) is 20.1 Å². The third-order valence-corrected chi connectivity index (χ3v) is 6.15. The van der Waals surface area contributed by atoms with Gasteiger partial charge in [-0.2, -0.15) is 0 Å². The first-order valence-corrected chi connectivity index (χ1v) is 10.5. The Kier molecular flexibility index (Phi) is 5.05. The van der Waals surface area contributed by atoms with Crippen LogP contribution in [-0.2, 0) is 13.1 Å². The lowest BCUT2D eigenvalue weighted by molar-refractivity contribution is 0.411. The van der Waals surface area contributed by atoms with Crippen LogP contribution in [0.4, 0.5) is 4.39 Å². The lowest BCUT2D eigenvalue weighted by atomic mass is 9.85. The fourth-order valence-corrected chi connectivity index (χ4v) is 4.63. The van der Waals surface area contributed by atoms with Gasteiger partial charge in [-0.3, -0.25) is 4.57 Å². The predicted octanol–water partition coefficient (Wildman–Crippen LogP) is 5.02. The van der Waals surface area contributed by atoms with E-state index in [4.69, 9.17) is 16.3 Å². The summed E-state index contributed by atoms with van der Waals surface area (Å²) in [7, 11) is 1.62. The first-order valence-electron chi connectivity index (χ1n) is 10.1. The molecular weight excluding hydrogens is 403 g/mol. The number of aromatic nitrogens is 3. The summed E-state index contributed by atoms with van der Waals surface area (Å²) in [5.41, 5.74) is 4.17. The number of halogens is 2. The highest BCUT2D eigenvalue weighted by atomic mass is 35.5. The van der Waals surface area contributed by atoms with Gasteiger partial charge in [0, 0.05) is 23.0 Å². The molecule has 1 atom stereocenters. The Bertz CT molecular complexity index is 1140. The average Bonchev–Trinajstić information content (AvgIpc) is 3.09. The number of hydrogen-bond acceptors (Lipinski definition) is 4. The quantitative estimate of drug-likeness (QED) is 0.641. The molecule has 1 aliphatic heterocycles. The van der Waals surface area contributed by atoms with Crippen LogP contribution in [0.25, 0.3) is 11.3 Å². The summed E-state index contributed by atoms with van der Waals surface area (Å²) in [6, 6.07) is 10.6. The predicted molar refractivity (Wildman–Crippen MR) is 114 cm³/mol. The molecule has 0 fully saturated rings. The zero-order valence-electron chi connectivity index (χ0n) is 16.7. The maximum absolute atomic E-state index is 13.8. The molecule has 1 aromatic heterocycles. The minimum absolute atomic E-state index is 0.246. The van der Waals surface area contributed by atoms with Crippen LogP contribution in [0.5, 0.6) is 5.75 Å². The Hall–Kier alpha value is -2.70. The number of methoxy groups -OCH3 is 1. The molecule has 7 heteroatoms. The zero-order chi connectivity index (χ0) is 20.7. The van der Waals surface area contributed by atoms with Crippen molar-refractivity contribution in [1.29, 1.82) is 0 Å². The largest absolute Gasteiger partial charge is 0.496 e. The summed E-state index contributed by atoms with van der Waals surface area (Å²) in [6.45, 7) is 1.40. The summed E-state index contributed by atoms with van der Waals surface area (Å²) >= 11 is 6.22. The Balaban J connectivity index is 1.49. The number of ether oxygens (including phenoxy) is 1. The second-order valence-electron chi connectivity index (χ2n) is 7.73. The van der Waals surface area contributed by atoms with Gasteiger partial charge in [-0.05, 0) is 66.8 Å². The molecule has 2 aliphatic rings. The van der Waals surface area contributed by atoms with Gasteiger partial charge < -0.3 is 10.1 Å². The number of benzene rings is 2. The summed E-state index contributed by atoms with van der Waals surface area (Å²) in [5, 5.41) is 13.1. The minimum Gasteiger partial charge on any atom is -0.496 e. The molecule has 2 heterocycles.